The average molecular weight is 337 g/mol. The Labute approximate surface area is 133 Å². The summed E-state index contributed by atoms with van der Waals surface area (Å²) in [6.07, 6.45) is 0.173. The lowest BCUT2D eigenvalue weighted by Crippen LogP contribution is -2.07. The van der Waals surface area contributed by atoms with E-state index >= 15 is 0 Å². The minimum absolute atomic E-state index is 0.173. The maximum Gasteiger partial charge on any atom is 0.312 e. The van der Waals surface area contributed by atoms with Crippen LogP contribution < -0.4 is 0 Å². The molecule has 0 saturated heterocycles. The molecule has 0 aliphatic heterocycles. The summed E-state index contributed by atoms with van der Waals surface area (Å²) in [6.45, 7) is 2.16. The highest BCUT2D eigenvalue weighted by Gasteiger charge is 2.12. The van der Waals surface area contributed by atoms with Crippen molar-refractivity contribution in [3.8, 4) is 0 Å². The van der Waals surface area contributed by atoms with Gasteiger partial charge in [0.25, 0.3) is 0 Å². The fraction of sp³-hybridized carbons (Fsp3) is 0.231. The Bertz CT molecular complexity index is 736. The van der Waals surface area contributed by atoms with Crippen molar-refractivity contribution in [3.63, 3.8) is 0 Å². The third-order valence-electron chi connectivity index (χ3n) is 2.50. The maximum atomic E-state index is 11.4. The van der Waals surface area contributed by atoms with E-state index in [0.29, 0.717) is 11.6 Å². The van der Waals surface area contributed by atoms with Gasteiger partial charge in [-0.15, -0.1) is 21.5 Å². The summed E-state index contributed by atoms with van der Waals surface area (Å²) in [6, 6.07) is 8.00. The van der Waals surface area contributed by atoms with E-state index in [0.717, 1.165) is 18.9 Å². The molecule has 0 atom stereocenters. The Morgan fingerprint density at radius 3 is 2.90 bits per heavy atom. The fourth-order valence-corrected chi connectivity index (χ4v) is 4.81. The quantitative estimate of drug-likeness (QED) is 0.665. The molecule has 0 amide bonds. The van der Waals surface area contributed by atoms with Gasteiger partial charge in [0, 0.05) is 0 Å². The van der Waals surface area contributed by atoms with Crippen LogP contribution in [0.15, 0.2) is 32.9 Å². The van der Waals surface area contributed by atoms with Crippen LogP contribution in [0.1, 0.15) is 11.9 Å². The van der Waals surface area contributed by atoms with Crippen LogP contribution in [0, 0.1) is 0 Å². The van der Waals surface area contributed by atoms with Gasteiger partial charge in [0.15, 0.2) is 8.68 Å². The van der Waals surface area contributed by atoms with Gasteiger partial charge in [-0.3, -0.25) is 4.79 Å². The van der Waals surface area contributed by atoms with E-state index in [1.807, 2.05) is 24.3 Å². The normalized spacial score (nSPS) is 10.9. The van der Waals surface area contributed by atoms with Crippen LogP contribution in [0.3, 0.4) is 0 Å². The SMILES string of the molecule is CCOC(=O)Cc1nnc(Sc2nc3ccccc3s2)s1. The van der Waals surface area contributed by atoms with E-state index < -0.39 is 0 Å². The maximum absolute atomic E-state index is 11.4. The molecule has 21 heavy (non-hydrogen) atoms. The molecule has 3 rings (SSSR count). The van der Waals surface area contributed by atoms with Crippen molar-refractivity contribution in [3.05, 3.63) is 29.3 Å². The third kappa shape index (κ3) is 3.58. The average Bonchev–Trinajstić information content (AvgIpc) is 3.05. The van der Waals surface area contributed by atoms with Crippen molar-refractivity contribution in [1.29, 1.82) is 0 Å². The zero-order valence-corrected chi connectivity index (χ0v) is 13.6. The Balaban J connectivity index is 1.70. The van der Waals surface area contributed by atoms with E-state index in [1.165, 1.54) is 23.1 Å². The van der Waals surface area contributed by atoms with Gasteiger partial charge in [-0.1, -0.05) is 23.5 Å². The summed E-state index contributed by atoms with van der Waals surface area (Å²) in [4.78, 5) is 15.9. The summed E-state index contributed by atoms with van der Waals surface area (Å²) in [5.74, 6) is -0.273. The van der Waals surface area contributed by atoms with Gasteiger partial charge >= 0.3 is 5.97 Å². The third-order valence-corrected chi connectivity index (χ3v) is 5.57. The Hall–Kier alpha value is -1.51. The summed E-state index contributed by atoms with van der Waals surface area (Å²) in [7, 11) is 0. The number of carbonyl (C=O) groups is 1. The zero-order valence-electron chi connectivity index (χ0n) is 11.1. The summed E-state index contributed by atoms with van der Waals surface area (Å²) in [5, 5.41) is 8.76. The summed E-state index contributed by atoms with van der Waals surface area (Å²) in [5.41, 5.74) is 0.987. The number of rotatable bonds is 5. The van der Waals surface area contributed by atoms with Crippen LogP contribution in [0.2, 0.25) is 0 Å². The number of benzene rings is 1. The van der Waals surface area contributed by atoms with Crippen molar-refractivity contribution in [2.45, 2.75) is 22.0 Å². The number of carbonyl (C=O) groups excluding carboxylic acids is 1. The predicted molar refractivity (Wildman–Crippen MR) is 84.0 cm³/mol. The molecule has 0 N–H and O–H groups in total. The molecule has 5 nitrogen and oxygen atoms in total. The number of esters is 1. The van der Waals surface area contributed by atoms with Crippen LogP contribution in [-0.2, 0) is 16.0 Å². The monoisotopic (exact) mass is 337 g/mol. The Morgan fingerprint density at radius 2 is 2.10 bits per heavy atom. The zero-order chi connectivity index (χ0) is 14.7. The first kappa shape index (κ1) is 14.4. The van der Waals surface area contributed by atoms with Crippen molar-refractivity contribution in [2.24, 2.45) is 0 Å². The van der Waals surface area contributed by atoms with Crippen molar-refractivity contribution in [2.75, 3.05) is 6.61 Å². The number of aromatic nitrogens is 3. The lowest BCUT2D eigenvalue weighted by Gasteiger charge is -1.96. The highest BCUT2D eigenvalue weighted by atomic mass is 32.2. The number of hydrogen-bond acceptors (Lipinski definition) is 8. The molecule has 0 unspecified atom stereocenters. The van der Waals surface area contributed by atoms with Gasteiger partial charge in [-0.05, 0) is 30.8 Å². The highest BCUT2D eigenvalue weighted by molar-refractivity contribution is 8.02. The van der Waals surface area contributed by atoms with Crippen LogP contribution in [0.5, 0.6) is 0 Å². The van der Waals surface area contributed by atoms with Gasteiger partial charge in [0.05, 0.1) is 23.2 Å². The number of fused-ring (bicyclic) bond motifs is 1. The van der Waals surface area contributed by atoms with Crippen LogP contribution in [0.4, 0.5) is 0 Å². The van der Waals surface area contributed by atoms with E-state index in [2.05, 4.69) is 15.2 Å². The smallest absolute Gasteiger partial charge is 0.312 e. The number of hydrogen-bond donors (Lipinski definition) is 0. The lowest BCUT2D eigenvalue weighted by atomic mass is 10.3. The Morgan fingerprint density at radius 1 is 1.24 bits per heavy atom. The first-order valence-corrected chi connectivity index (χ1v) is 8.71. The molecular weight excluding hydrogens is 326 g/mol. The number of thiazole rings is 1. The molecular formula is C13H11N3O2S3. The number of para-hydroxylation sites is 1. The first-order valence-electron chi connectivity index (χ1n) is 6.26. The topological polar surface area (TPSA) is 65.0 Å². The van der Waals surface area contributed by atoms with E-state index in [-0.39, 0.29) is 12.4 Å². The van der Waals surface area contributed by atoms with E-state index in [1.54, 1.807) is 18.3 Å². The van der Waals surface area contributed by atoms with Gasteiger partial charge in [-0.25, -0.2) is 4.98 Å². The second-order valence-corrected chi connectivity index (χ2v) is 7.58. The molecule has 3 aromatic rings. The van der Waals surface area contributed by atoms with Crippen molar-refractivity contribution in [1.82, 2.24) is 15.2 Å². The second kappa shape index (κ2) is 6.50. The standard InChI is InChI=1S/C13H11N3O2S3/c1-2-18-11(17)7-10-15-16-13(20-10)21-12-14-8-5-3-4-6-9(8)19-12/h3-6H,2,7H2,1H3. The second-order valence-electron chi connectivity index (χ2n) is 3.99. The molecule has 0 aliphatic carbocycles. The predicted octanol–water partition coefficient (Wildman–Crippen LogP) is 3.40. The summed E-state index contributed by atoms with van der Waals surface area (Å²) < 4.78 is 7.76. The highest BCUT2D eigenvalue weighted by Crippen LogP contribution is 2.35. The molecule has 0 spiro atoms. The number of ether oxygens (including phenoxy) is 1. The van der Waals surface area contributed by atoms with Crippen LogP contribution in [-0.4, -0.2) is 27.8 Å². The van der Waals surface area contributed by atoms with Gasteiger partial charge in [0.2, 0.25) is 0 Å². The molecule has 0 bridgehead atoms. The minimum atomic E-state index is -0.273. The van der Waals surface area contributed by atoms with E-state index in [9.17, 15) is 4.79 Å². The minimum Gasteiger partial charge on any atom is -0.466 e. The van der Waals surface area contributed by atoms with Gasteiger partial charge in [-0.2, -0.15) is 0 Å². The van der Waals surface area contributed by atoms with E-state index in [4.69, 9.17) is 4.74 Å². The molecule has 2 aromatic heterocycles. The molecule has 0 saturated carbocycles. The molecule has 0 fully saturated rings. The Kier molecular flexibility index (Phi) is 4.47. The van der Waals surface area contributed by atoms with Gasteiger partial charge in [0.1, 0.15) is 5.01 Å². The molecule has 8 heteroatoms. The first-order chi connectivity index (χ1) is 10.2. The van der Waals surface area contributed by atoms with Crippen LogP contribution >= 0.6 is 34.4 Å². The molecule has 2 heterocycles. The molecule has 108 valence electrons. The van der Waals surface area contributed by atoms with Crippen molar-refractivity contribution < 1.29 is 9.53 Å². The largest absolute Gasteiger partial charge is 0.466 e. The number of nitrogens with zero attached hydrogens (tertiary/aromatic N) is 3. The summed E-state index contributed by atoms with van der Waals surface area (Å²) >= 11 is 4.50. The van der Waals surface area contributed by atoms with Crippen LogP contribution in [0.25, 0.3) is 10.2 Å². The molecule has 1 aromatic carbocycles. The lowest BCUT2D eigenvalue weighted by molar-refractivity contribution is -0.142. The van der Waals surface area contributed by atoms with Crippen molar-refractivity contribution >= 4 is 50.6 Å². The fourth-order valence-electron chi connectivity index (χ4n) is 1.66. The van der Waals surface area contributed by atoms with Gasteiger partial charge < -0.3 is 4.74 Å². The molecule has 0 aliphatic rings. The molecule has 0 radical (unpaired) electrons.